The van der Waals surface area contributed by atoms with Crippen LogP contribution in [0.4, 0.5) is 19.0 Å². The van der Waals surface area contributed by atoms with Gasteiger partial charge >= 0.3 is 6.18 Å². The molecule has 0 fully saturated rings. The Bertz CT molecular complexity index is 548. The summed E-state index contributed by atoms with van der Waals surface area (Å²) in [6.45, 7) is 3.92. The molecule has 0 spiro atoms. The topological polar surface area (TPSA) is 37.8 Å². The molecule has 0 amide bonds. The second kappa shape index (κ2) is 5.16. The number of hydrogen-bond acceptors (Lipinski definition) is 4. The lowest BCUT2D eigenvalue weighted by Crippen LogP contribution is -2.11. The standard InChI is InChI=1S/C12H12F3N3S/c1-7-3-4-9(19-7)8(2)16-11-6-5-10(17-18-11)12(13,14)15/h3-6,8H,1-2H3,(H,16,18). The van der Waals surface area contributed by atoms with Gasteiger partial charge in [0.1, 0.15) is 5.82 Å². The minimum Gasteiger partial charge on any atom is -0.361 e. The SMILES string of the molecule is Cc1ccc(C(C)Nc2ccc(C(F)(F)F)nn2)s1. The molecule has 0 bridgehead atoms. The van der Waals surface area contributed by atoms with Gasteiger partial charge in [-0.1, -0.05) is 0 Å². The largest absolute Gasteiger partial charge is 0.435 e. The van der Waals surface area contributed by atoms with E-state index in [0.29, 0.717) is 5.82 Å². The Morgan fingerprint density at radius 1 is 1.16 bits per heavy atom. The van der Waals surface area contributed by atoms with Gasteiger partial charge in [0.25, 0.3) is 0 Å². The molecule has 102 valence electrons. The van der Waals surface area contributed by atoms with Crippen LogP contribution in [0.1, 0.15) is 28.4 Å². The van der Waals surface area contributed by atoms with Gasteiger partial charge in [0.05, 0.1) is 6.04 Å². The van der Waals surface area contributed by atoms with Crippen molar-refractivity contribution in [2.24, 2.45) is 0 Å². The maximum absolute atomic E-state index is 12.3. The van der Waals surface area contributed by atoms with Gasteiger partial charge in [-0.25, -0.2) is 0 Å². The Morgan fingerprint density at radius 2 is 1.89 bits per heavy atom. The third-order valence-electron chi connectivity index (χ3n) is 2.51. The number of rotatable bonds is 3. The number of anilines is 1. The van der Waals surface area contributed by atoms with Crippen molar-refractivity contribution in [2.75, 3.05) is 5.32 Å². The van der Waals surface area contributed by atoms with Crippen LogP contribution in [0.15, 0.2) is 24.3 Å². The molecular weight excluding hydrogens is 275 g/mol. The molecule has 0 saturated heterocycles. The molecule has 7 heteroatoms. The lowest BCUT2D eigenvalue weighted by atomic mass is 10.2. The first-order valence-electron chi connectivity index (χ1n) is 5.60. The van der Waals surface area contributed by atoms with Crippen LogP contribution < -0.4 is 5.32 Å². The van der Waals surface area contributed by atoms with E-state index in [1.165, 1.54) is 10.9 Å². The average Bonchev–Trinajstić information content (AvgIpc) is 2.75. The molecule has 1 N–H and O–H groups in total. The van der Waals surface area contributed by atoms with Crippen molar-refractivity contribution in [1.29, 1.82) is 0 Å². The van der Waals surface area contributed by atoms with E-state index in [-0.39, 0.29) is 6.04 Å². The maximum Gasteiger partial charge on any atom is 0.435 e. The molecule has 0 saturated carbocycles. The highest BCUT2D eigenvalue weighted by molar-refractivity contribution is 7.12. The second-order valence-corrected chi connectivity index (χ2v) is 5.44. The summed E-state index contributed by atoms with van der Waals surface area (Å²) < 4.78 is 37.0. The Kier molecular flexibility index (Phi) is 3.75. The second-order valence-electron chi connectivity index (χ2n) is 4.12. The molecule has 0 aliphatic heterocycles. The first-order chi connectivity index (χ1) is 8.86. The maximum atomic E-state index is 12.3. The highest BCUT2D eigenvalue weighted by Gasteiger charge is 2.32. The fourth-order valence-electron chi connectivity index (χ4n) is 1.54. The van der Waals surface area contributed by atoms with Crippen LogP contribution in [0.5, 0.6) is 0 Å². The zero-order chi connectivity index (χ0) is 14.0. The molecule has 1 atom stereocenters. The van der Waals surface area contributed by atoms with Crippen molar-refractivity contribution in [2.45, 2.75) is 26.1 Å². The Hall–Kier alpha value is -1.63. The average molecular weight is 287 g/mol. The van der Waals surface area contributed by atoms with E-state index in [9.17, 15) is 13.2 Å². The summed E-state index contributed by atoms with van der Waals surface area (Å²) in [6, 6.07) is 6.16. The molecule has 2 aromatic heterocycles. The van der Waals surface area contributed by atoms with E-state index in [1.54, 1.807) is 11.3 Å². The van der Waals surface area contributed by atoms with Crippen molar-refractivity contribution in [1.82, 2.24) is 10.2 Å². The first kappa shape index (κ1) is 13.8. The third-order valence-corrected chi connectivity index (χ3v) is 3.69. The summed E-state index contributed by atoms with van der Waals surface area (Å²) in [5.41, 5.74) is -0.988. The number of nitrogens with one attached hydrogen (secondary N) is 1. The zero-order valence-corrected chi connectivity index (χ0v) is 11.1. The summed E-state index contributed by atoms with van der Waals surface area (Å²) in [5, 5.41) is 9.73. The van der Waals surface area contributed by atoms with Gasteiger partial charge in [0.2, 0.25) is 0 Å². The molecule has 3 nitrogen and oxygen atoms in total. The van der Waals surface area contributed by atoms with Gasteiger partial charge in [0, 0.05) is 9.75 Å². The number of aromatic nitrogens is 2. The quantitative estimate of drug-likeness (QED) is 0.925. The van der Waals surface area contributed by atoms with Crippen molar-refractivity contribution in [3.05, 3.63) is 39.7 Å². The lowest BCUT2D eigenvalue weighted by molar-refractivity contribution is -0.141. The number of alkyl halides is 3. The van der Waals surface area contributed by atoms with Crippen LogP contribution in [-0.2, 0) is 6.18 Å². The molecule has 0 aliphatic carbocycles. The number of hydrogen-bond donors (Lipinski definition) is 1. The number of nitrogens with zero attached hydrogens (tertiary/aromatic N) is 2. The van der Waals surface area contributed by atoms with Crippen molar-refractivity contribution >= 4 is 17.2 Å². The van der Waals surface area contributed by atoms with Gasteiger partial charge in [-0.3, -0.25) is 0 Å². The van der Waals surface area contributed by atoms with Crippen LogP contribution in [0.2, 0.25) is 0 Å². The highest BCUT2D eigenvalue weighted by Crippen LogP contribution is 2.28. The Labute approximate surface area is 112 Å². The summed E-state index contributed by atoms with van der Waals surface area (Å²) >= 11 is 1.63. The molecule has 0 radical (unpaired) electrons. The molecule has 1 unspecified atom stereocenters. The van der Waals surface area contributed by atoms with Crippen molar-refractivity contribution in [3.8, 4) is 0 Å². The number of thiophene rings is 1. The number of aryl methyl sites for hydroxylation is 1. The van der Waals surface area contributed by atoms with E-state index in [4.69, 9.17) is 0 Å². The Balaban J connectivity index is 2.07. The minimum absolute atomic E-state index is 0.0234. The van der Waals surface area contributed by atoms with Crippen molar-refractivity contribution in [3.63, 3.8) is 0 Å². The summed E-state index contributed by atoms with van der Waals surface area (Å²) in [6.07, 6.45) is -4.46. The number of halogens is 3. The lowest BCUT2D eigenvalue weighted by Gasteiger charge is -2.12. The van der Waals surface area contributed by atoms with Gasteiger partial charge in [-0.2, -0.15) is 13.2 Å². The Morgan fingerprint density at radius 3 is 2.37 bits per heavy atom. The molecule has 2 rings (SSSR count). The van der Waals surface area contributed by atoms with Crippen LogP contribution >= 0.6 is 11.3 Å². The smallest absolute Gasteiger partial charge is 0.361 e. The minimum atomic E-state index is -4.46. The van der Waals surface area contributed by atoms with Gasteiger partial charge < -0.3 is 5.32 Å². The fraction of sp³-hybridized carbons (Fsp3) is 0.333. The van der Waals surface area contributed by atoms with Crippen LogP contribution in [-0.4, -0.2) is 10.2 Å². The van der Waals surface area contributed by atoms with Crippen LogP contribution in [0, 0.1) is 6.92 Å². The van der Waals surface area contributed by atoms with E-state index >= 15 is 0 Å². The van der Waals surface area contributed by atoms with E-state index < -0.39 is 11.9 Å². The predicted molar refractivity (Wildman–Crippen MR) is 68.1 cm³/mol. The molecule has 2 aromatic rings. The monoisotopic (exact) mass is 287 g/mol. The van der Waals surface area contributed by atoms with Gasteiger partial charge in [0.15, 0.2) is 5.69 Å². The first-order valence-corrected chi connectivity index (χ1v) is 6.41. The summed E-state index contributed by atoms with van der Waals surface area (Å²) in [5.74, 6) is 0.326. The van der Waals surface area contributed by atoms with Gasteiger partial charge in [-0.15, -0.1) is 21.5 Å². The summed E-state index contributed by atoms with van der Waals surface area (Å²) in [4.78, 5) is 2.28. The molecule has 19 heavy (non-hydrogen) atoms. The van der Waals surface area contributed by atoms with Crippen molar-refractivity contribution < 1.29 is 13.2 Å². The van der Waals surface area contributed by atoms with Crippen LogP contribution in [0.3, 0.4) is 0 Å². The third kappa shape index (κ3) is 3.44. The normalized spacial score (nSPS) is 13.3. The molecule has 2 heterocycles. The van der Waals surface area contributed by atoms with Crippen LogP contribution in [0.25, 0.3) is 0 Å². The van der Waals surface area contributed by atoms with Gasteiger partial charge in [-0.05, 0) is 38.1 Å². The molecule has 0 aliphatic rings. The summed E-state index contributed by atoms with van der Waals surface area (Å²) in [7, 11) is 0. The molecular formula is C12H12F3N3S. The fourth-order valence-corrected chi connectivity index (χ4v) is 2.42. The predicted octanol–water partition coefficient (Wildman–Crippen LogP) is 4.04. The highest BCUT2D eigenvalue weighted by atomic mass is 32.1. The van der Waals surface area contributed by atoms with E-state index in [1.807, 2.05) is 26.0 Å². The molecule has 0 aromatic carbocycles. The van der Waals surface area contributed by atoms with E-state index in [0.717, 1.165) is 10.9 Å². The van der Waals surface area contributed by atoms with E-state index in [2.05, 4.69) is 15.5 Å². The zero-order valence-electron chi connectivity index (χ0n) is 10.3.